The molecule has 14 heavy (non-hydrogen) atoms. The number of ether oxygens (including phenoxy) is 1. The molecule has 3 nitrogen and oxygen atoms in total. The Balaban J connectivity index is 2.92. The first-order chi connectivity index (χ1) is 6.69. The molecule has 1 atom stereocenters. The lowest BCUT2D eigenvalue weighted by Crippen LogP contribution is -2.23. The monoisotopic (exact) mass is 194 g/mol. The fourth-order valence-electron chi connectivity index (χ4n) is 1.56. The number of nitrogens with zero attached hydrogens (tertiary/aromatic N) is 1. The van der Waals surface area contributed by atoms with Gasteiger partial charge in [0.2, 0.25) is 0 Å². The third-order valence-corrected chi connectivity index (χ3v) is 2.27. The van der Waals surface area contributed by atoms with E-state index in [1.165, 1.54) is 11.1 Å². The van der Waals surface area contributed by atoms with E-state index in [1.54, 1.807) is 7.11 Å². The van der Waals surface area contributed by atoms with E-state index in [9.17, 15) is 0 Å². The van der Waals surface area contributed by atoms with Crippen molar-refractivity contribution in [3.8, 4) is 0 Å². The number of likely N-dealkylation sites (N-methyl/N-ethyl adjacent to an activating group) is 1. The van der Waals surface area contributed by atoms with Crippen LogP contribution in [0.2, 0.25) is 0 Å². The molecule has 3 heteroatoms. The maximum atomic E-state index is 5.13. The lowest BCUT2D eigenvalue weighted by Gasteiger charge is -2.16. The number of aromatic nitrogens is 1. The first kappa shape index (κ1) is 11.1. The van der Waals surface area contributed by atoms with Gasteiger partial charge in [-0.3, -0.25) is 4.98 Å². The van der Waals surface area contributed by atoms with Crippen LogP contribution in [0.15, 0.2) is 12.3 Å². The number of aryl methyl sites for hydroxylation is 2. The topological polar surface area (TPSA) is 34.1 Å². The van der Waals surface area contributed by atoms with Crippen LogP contribution in [0.4, 0.5) is 0 Å². The average molecular weight is 194 g/mol. The van der Waals surface area contributed by atoms with Gasteiger partial charge >= 0.3 is 0 Å². The van der Waals surface area contributed by atoms with Gasteiger partial charge in [0.1, 0.15) is 0 Å². The van der Waals surface area contributed by atoms with E-state index in [1.807, 2.05) is 13.2 Å². The van der Waals surface area contributed by atoms with Crippen LogP contribution in [0.1, 0.15) is 22.9 Å². The molecule has 0 amide bonds. The van der Waals surface area contributed by atoms with Gasteiger partial charge in [-0.05, 0) is 32.0 Å². The van der Waals surface area contributed by atoms with Gasteiger partial charge in [-0.2, -0.15) is 0 Å². The second kappa shape index (κ2) is 5.08. The molecule has 0 radical (unpaired) electrons. The van der Waals surface area contributed by atoms with Crippen LogP contribution in [0.25, 0.3) is 0 Å². The van der Waals surface area contributed by atoms with Gasteiger partial charge in [0, 0.05) is 13.3 Å². The normalized spacial score (nSPS) is 12.9. The maximum Gasteiger partial charge on any atom is 0.0732 e. The Kier molecular flexibility index (Phi) is 4.04. The van der Waals surface area contributed by atoms with E-state index in [2.05, 4.69) is 30.2 Å². The van der Waals surface area contributed by atoms with Crippen LogP contribution in [0.5, 0.6) is 0 Å². The summed E-state index contributed by atoms with van der Waals surface area (Å²) in [6, 6.07) is 2.32. The van der Waals surface area contributed by atoms with Gasteiger partial charge in [-0.1, -0.05) is 6.07 Å². The molecule has 0 aliphatic heterocycles. The number of hydrogen-bond acceptors (Lipinski definition) is 3. The minimum absolute atomic E-state index is 0.181. The molecule has 1 unspecified atom stereocenters. The summed E-state index contributed by atoms with van der Waals surface area (Å²) in [5, 5.41) is 3.19. The quantitative estimate of drug-likeness (QED) is 0.790. The van der Waals surface area contributed by atoms with Gasteiger partial charge in [0.15, 0.2) is 0 Å². The summed E-state index contributed by atoms with van der Waals surface area (Å²) in [5.74, 6) is 0. The highest BCUT2D eigenvalue weighted by molar-refractivity contribution is 5.25. The Hall–Kier alpha value is -0.930. The summed E-state index contributed by atoms with van der Waals surface area (Å²) in [6.45, 7) is 4.78. The van der Waals surface area contributed by atoms with Gasteiger partial charge < -0.3 is 10.1 Å². The Morgan fingerprint density at radius 1 is 1.50 bits per heavy atom. The Morgan fingerprint density at radius 2 is 2.21 bits per heavy atom. The van der Waals surface area contributed by atoms with Crippen LogP contribution in [-0.2, 0) is 4.74 Å². The van der Waals surface area contributed by atoms with Crippen LogP contribution >= 0.6 is 0 Å². The zero-order valence-electron chi connectivity index (χ0n) is 9.29. The molecule has 1 rings (SSSR count). The highest BCUT2D eigenvalue weighted by atomic mass is 16.5. The van der Waals surface area contributed by atoms with E-state index < -0.39 is 0 Å². The molecule has 1 aromatic rings. The predicted molar refractivity (Wildman–Crippen MR) is 57.4 cm³/mol. The minimum atomic E-state index is 0.181. The highest BCUT2D eigenvalue weighted by Crippen LogP contribution is 2.15. The fourth-order valence-corrected chi connectivity index (χ4v) is 1.56. The molecular formula is C11H18N2O. The summed E-state index contributed by atoms with van der Waals surface area (Å²) < 4.78 is 5.13. The third kappa shape index (κ3) is 2.53. The van der Waals surface area contributed by atoms with Crippen LogP contribution < -0.4 is 5.32 Å². The summed E-state index contributed by atoms with van der Waals surface area (Å²) in [5.41, 5.74) is 3.47. The number of rotatable bonds is 4. The number of pyridine rings is 1. The SMILES string of the molecule is CNC(COC)c1ncc(C)cc1C. The Labute approximate surface area is 85.5 Å². The lowest BCUT2D eigenvalue weighted by atomic mass is 10.1. The van der Waals surface area contributed by atoms with Crippen LogP contribution in [-0.4, -0.2) is 25.7 Å². The standard InChI is InChI=1S/C11H18N2O/c1-8-5-9(2)11(13-6-8)10(12-3)7-14-4/h5-6,10,12H,7H2,1-4H3. The van der Waals surface area contributed by atoms with Crippen LogP contribution in [0, 0.1) is 13.8 Å². The molecule has 0 aliphatic carbocycles. The van der Waals surface area contributed by atoms with Crippen molar-refractivity contribution in [1.29, 1.82) is 0 Å². The first-order valence-electron chi connectivity index (χ1n) is 4.78. The van der Waals surface area contributed by atoms with Crippen molar-refractivity contribution in [3.05, 3.63) is 29.1 Å². The zero-order valence-corrected chi connectivity index (χ0v) is 9.29. The zero-order chi connectivity index (χ0) is 10.6. The van der Waals surface area contributed by atoms with Crippen molar-refractivity contribution in [2.24, 2.45) is 0 Å². The molecule has 1 aromatic heterocycles. The third-order valence-electron chi connectivity index (χ3n) is 2.27. The highest BCUT2D eigenvalue weighted by Gasteiger charge is 2.12. The van der Waals surface area contributed by atoms with E-state index in [-0.39, 0.29) is 6.04 Å². The van der Waals surface area contributed by atoms with E-state index >= 15 is 0 Å². The Bertz CT molecular complexity index is 299. The molecule has 0 bridgehead atoms. The van der Waals surface area contributed by atoms with Crippen molar-refractivity contribution >= 4 is 0 Å². The van der Waals surface area contributed by atoms with E-state index in [0.29, 0.717) is 6.61 Å². The predicted octanol–water partition coefficient (Wildman–Crippen LogP) is 1.61. The molecule has 0 saturated heterocycles. The molecule has 1 heterocycles. The minimum Gasteiger partial charge on any atom is -0.383 e. The van der Waals surface area contributed by atoms with Crippen molar-refractivity contribution in [2.75, 3.05) is 20.8 Å². The van der Waals surface area contributed by atoms with E-state index in [0.717, 1.165) is 5.69 Å². The van der Waals surface area contributed by atoms with Gasteiger partial charge in [0.05, 0.1) is 18.3 Å². The fraction of sp³-hybridized carbons (Fsp3) is 0.545. The van der Waals surface area contributed by atoms with Gasteiger partial charge in [-0.25, -0.2) is 0 Å². The lowest BCUT2D eigenvalue weighted by molar-refractivity contribution is 0.168. The van der Waals surface area contributed by atoms with Crippen molar-refractivity contribution in [2.45, 2.75) is 19.9 Å². The summed E-state index contributed by atoms with van der Waals surface area (Å²) >= 11 is 0. The molecule has 0 aliphatic rings. The Morgan fingerprint density at radius 3 is 2.71 bits per heavy atom. The summed E-state index contributed by atoms with van der Waals surface area (Å²) in [7, 11) is 3.62. The molecule has 1 N–H and O–H groups in total. The molecule has 0 aromatic carbocycles. The largest absolute Gasteiger partial charge is 0.383 e. The average Bonchev–Trinajstić information content (AvgIpc) is 2.15. The number of nitrogens with one attached hydrogen (secondary N) is 1. The van der Waals surface area contributed by atoms with Crippen LogP contribution in [0.3, 0.4) is 0 Å². The summed E-state index contributed by atoms with van der Waals surface area (Å²) in [6.07, 6.45) is 1.89. The van der Waals surface area contributed by atoms with E-state index in [4.69, 9.17) is 4.74 Å². The molecule has 0 spiro atoms. The molecule has 78 valence electrons. The molecule has 0 saturated carbocycles. The van der Waals surface area contributed by atoms with Crippen molar-refractivity contribution in [3.63, 3.8) is 0 Å². The molecular weight excluding hydrogens is 176 g/mol. The number of methoxy groups -OCH3 is 1. The maximum absolute atomic E-state index is 5.13. The first-order valence-corrected chi connectivity index (χ1v) is 4.78. The number of hydrogen-bond donors (Lipinski definition) is 1. The second-order valence-electron chi connectivity index (χ2n) is 3.51. The van der Waals surface area contributed by atoms with Crippen molar-refractivity contribution in [1.82, 2.24) is 10.3 Å². The summed E-state index contributed by atoms with van der Waals surface area (Å²) in [4.78, 5) is 4.43. The van der Waals surface area contributed by atoms with Gasteiger partial charge in [-0.15, -0.1) is 0 Å². The smallest absolute Gasteiger partial charge is 0.0732 e. The van der Waals surface area contributed by atoms with Crippen molar-refractivity contribution < 1.29 is 4.74 Å². The molecule has 0 fully saturated rings. The second-order valence-corrected chi connectivity index (χ2v) is 3.51. The van der Waals surface area contributed by atoms with Gasteiger partial charge in [0.25, 0.3) is 0 Å².